The Bertz CT molecular complexity index is 369. The number of hydrogen-bond acceptors (Lipinski definition) is 2. The van der Waals surface area contributed by atoms with Crippen molar-refractivity contribution in [1.29, 1.82) is 0 Å². The van der Waals surface area contributed by atoms with Crippen LogP contribution in [-0.4, -0.2) is 22.3 Å². The van der Waals surface area contributed by atoms with Crippen LogP contribution in [-0.2, 0) is 11.2 Å². The molecule has 0 aliphatic rings. The third-order valence-electron chi connectivity index (χ3n) is 1.76. The van der Waals surface area contributed by atoms with Crippen molar-refractivity contribution in [3.63, 3.8) is 0 Å². The number of hydrogen-bond donors (Lipinski definition) is 2. The molecule has 0 aliphatic heterocycles. The van der Waals surface area contributed by atoms with E-state index >= 15 is 0 Å². The molecule has 1 unspecified atom stereocenters. The number of aliphatic hydroxyl groups excluding tert-OH is 1. The van der Waals surface area contributed by atoms with Gasteiger partial charge in [-0.15, -0.1) is 0 Å². The van der Waals surface area contributed by atoms with Crippen LogP contribution in [0.25, 0.3) is 0 Å². The number of aliphatic carboxylic acids is 1. The molecule has 1 aromatic rings. The quantitative estimate of drug-likeness (QED) is 0.749. The average molecular weight is 220 g/mol. The normalized spacial score (nSPS) is 12.5. The lowest BCUT2D eigenvalue weighted by Crippen LogP contribution is -2.22. The summed E-state index contributed by atoms with van der Waals surface area (Å²) in [6.45, 7) is 0. The lowest BCUT2D eigenvalue weighted by molar-refractivity contribution is -0.146. The minimum Gasteiger partial charge on any atom is -0.479 e. The van der Waals surface area contributed by atoms with Gasteiger partial charge in [0.15, 0.2) is 23.6 Å². The van der Waals surface area contributed by atoms with Gasteiger partial charge in [-0.2, -0.15) is 0 Å². The number of carbonyl (C=O) groups is 1. The molecule has 0 amide bonds. The molecule has 6 heteroatoms. The van der Waals surface area contributed by atoms with Gasteiger partial charge < -0.3 is 10.2 Å². The fourth-order valence-corrected chi connectivity index (χ4v) is 1.04. The zero-order valence-electron chi connectivity index (χ0n) is 7.38. The predicted molar refractivity (Wildman–Crippen MR) is 43.7 cm³/mol. The first-order valence-corrected chi connectivity index (χ1v) is 3.96. The van der Waals surface area contributed by atoms with Gasteiger partial charge >= 0.3 is 5.97 Å². The van der Waals surface area contributed by atoms with Gasteiger partial charge in [0.2, 0.25) is 0 Å². The van der Waals surface area contributed by atoms with E-state index in [2.05, 4.69) is 0 Å². The summed E-state index contributed by atoms with van der Waals surface area (Å²) in [6, 6.07) is 1.29. The van der Waals surface area contributed by atoms with Crippen molar-refractivity contribution < 1.29 is 28.2 Å². The van der Waals surface area contributed by atoms with Gasteiger partial charge in [0.1, 0.15) is 0 Å². The Morgan fingerprint density at radius 2 is 1.73 bits per heavy atom. The topological polar surface area (TPSA) is 57.5 Å². The molecule has 0 saturated carbocycles. The summed E-state index contributed by atoms with van der Waals surface area (Å²) in [5.74, 6) is -5.96. The third-order valence-corrected chi connectivity index (χ3v) is 1.76. The first kappa shape index (κ1) is 11.5. The summed E-state index contributed by atoms with van der Waals surface area (Å²) in [4.78, 5) is 10.2. The van der Waals surface area contributed by atoms with Crippen molar-refractivity contribution in [3.05, 3.63) is 35.1 Å². The van der Waals surface area contributed by atoms with Crippen LogP contribution in [0.3, 0.4) is 0 Å². The van der Waals surface area contributed by atoms with Crippen LogP contribution < -0.4 is 0 Å². The molecule has 1 atom stereocenters. The van der Waals surface area contributed by atoms with Crippen molar-refractivity contribution in [2.24, 2.45) is 0 Å². The maximum atomic E-state index is 12.6. The van der Waals surface area contributed by atoms with Gasteiger partial charge in [-0.25, -0.2) is 18.0 Å². The van der Waals surface area contributed by atoms with Crippen molar-refractivity contribution in [3.8, 4) is 0 Å². The van der Waals surface area contributed by atoms with Crippen molar-refractivity contribution >= 4 is 5.97 Å². The highest BCUT2D eigenvalue weighted by atomic mass is 19.2. The molecule has 0 fully saturated rings. The Hall–Kier alpha value is -1.56. The summed E-state index contributed by atoms with van der Waals surface area (Å²) < 4.78 is 37.8. The molecule has 2 N–H and O–H groups in total. The molecule has 3 nitrogen and oxygen atoms in total. The molecular weight excluding hydrogens is 213 g/mol. The Labute approximate surface area is 82.8 Å². The molecule has 1 rings (SSSR count). The van der Waals surface area contributed by atoms with Gasteiger partial charge in [0.05, 0.1) is 0 Å². The molecule has 0 saturated heterocycles. The molecule has 0 heterocycles. The summed E-state index contributed by atoms with van der Waals surface area (Å²) in [5.41, 5.74) is -0.124. The maximum absolute atomic E-state index is 12.6. The average Bonchev–Trinajstić information content (AvgIpc) is 2.13. The minimum atomic E-state index is -1.77. The van der Waals surface area contributed by atoms with Crippen molar-refractivity contribution in [2.45, 2.75) is 12.5 Å². The van der Waals surface area contributed by atoms with Crippen LogP contribution in [0.1, 0.15) is 5.56 Å². The standard InChI is InChI=1S/C9H7F3O3/c10-5-1-4(2-6(11)8(5)12)3-7(13)9(14)15/h1-2,7,13H,3H2,(H,14,15). The Kier molecular flexibility index (Phi) is 3.31. The zero-order valence-corrected chi connectivity index (χ0v) is 7.38. The van der Waals surface area contributed by atoms with Gasteiger partial charge in [-0.05, 0) is 17.7 Å². The van der Waals surface area contributed by atoms with E-state index in [0.29, 0.717) is 12.1 Å². The number of carboxylic acid groups (broad SMARTS) is 1. The fourth-order valence-electron chi connectivity index (χ4n) is 1.04. The molecule has 15 heavy (non-hydrogen) atoms. The van der Waals surface area contributed by atoms with Crippen LogP contribution in [0.5, 0.6) is 0 Å². The van der Waals surface area contributed by atoms with Gasteiger partial charge in [-0.3, -0.25) is 0 Å². The summed E-state index contributed by atoms with van der Waals surface area (Å²) in [6.07, 6.45) is -2.25. The largest absolute Gasteiger partial charge is 0.479 e. The number of carboxylic acids is 1. The second-order valence-corrected chi connectivity index (χ2v) is 2.93. The SMILES string of the molecule is O=C(O)C(O)Cc1cc(F)c(F)c(F)c1. The van der Waals surface area contributed by atoms with Gasteiger partial charge in [0, 0.05) is 6.42 Å². The molecule has 1 aromatic carbocycles. The van der Waals surface area contributed by atoms with Crippen LogP contribution in [0.4, 0.5) is 13.2 Å². The van der Waals surface area contributed by atoms with Crippen LogP contribution in [0, 0.1) is 17.5 Å². The monoisotopic (exact) mass is 220 g/mol. The highest BCUT2D eigenvalue weighted by Gasteiger charge is 2.17. The number of halogens is 3. The van der Waals surface area contributed by atoms with Gasteiger partial charge in [-0.1, -0.05) is 0 Å². The first-order chi connectivity index (χ1) is 6.91. The molecule has 0 aliphatic carbocycles. The predicted octanol–water partition coefficient (Wildman–Crippen LogP) is 1.09. The van der Waals surface area contributed by atoms with E-state index in [-0.39, 0.29) is 5.56 Å². The molecular formula is C9H7F3O3. The molecule has 82 valence electrons. The zero-order chi connectivity index (χ0) is 11.6. The molecule has 0 radical (unpaired) electrons. The van der Waals surface area contributed by atoms with Crippen LogP contribution >= 0.6 is 0 Å². The third kappa shape index (κ3) is 2.69. The van der Waals surface area contributed by atoms with E-state index in [9.17, 15) is 18.0 Å². The van der Waals surface area contributed by atoms with E-state index in [1.165, 1.54) is 0 Å². The van der Waals surface area contributed by atoms with E-state index in [1.807, 2.05) is 0 Å². The summed E-state index contributed by atoms with van der Waals surface area (Å²) in [7, 11) is 0. The lowest BCUT2D eigenvalue weighted by Gasteiger charge is -2.06. The van der Waals surface area contributed by atoms with Crippen molar-refractivity contribution in [1.82, 2.24) is 0 Å². The summed E-state index contributed by atoms with van der Waals surface area (Å²) >= 11 is 0. The molecule has 0 aromatic heterocycles. The smallest absolute Gasteiger partial charge is 0.332 e. The highest BCUT2D eigenvalue weighted by molar-refractivity contribution is 5.72. The minimum absolute atomic E-state index is 0.124. The maximum Gasteiger partial charge on any atom is 0.332 e. The molecule has 0 bridgehead atoms. The Morgan fingerprint density at radius 3 is 2.13 bits per heavy atom. The van der Waals surface area contributed by atoms with E-state index in [4.69, 9.17) is 10.2 Å². The lowest BCUT2D eigenvalue weighted by atomic mass is 10.1. The first-order valence-electron chi connectivity index (χ1n) is 3.96. The van der Waals surface area contributed by atoms with Crippen LogP contribution in [0.15, 0.2) is 12.1 Å². The van der Waals surface area contributed by atoms with E-state index < -0.39 is 35.9 Å². The van der Waals surface area contributed by atoms with Crippen molar-refractivity contribution in [2.75, 3.05) is 0 Å². The highest BCUT2D eigenvalue weighted by Crippen LogP contribution is 2.14. The van der Waals surface area contributed by atoms with Gasteiger partial charge in [0.25, 0.3) is 0 Å². The van der Waals surface area contributed by atoms with E-state index in [1.54, 1.807) is 0 Å². The second kappa shape index (κ2) is 4.31. The van der Waals surface area contributed by atoms with E-state index in [0.717, 1.165) is 0 Å². The number of benzene rings is 1. The Balaban J connectivity index is 2.92. The van der Waals surface area contributed by atoms with Crippen LogP contribution in [0.2, 0.25) is 0 Å². The number of aliphatic hydroxyl groups is 1. The Morgan fingerprint density at radius 1 is 1.27 bits per heavy atom. The molecule has 0 spiro atoms. The number of rotatable bonds is 3. The second-order valence-electron chi connectivity index (χ2n) is 2.93. The summed E-state index contributed by atoms with van der Waals surface area (Å²) in [5, 5.41) is 17.2. The fraction of sp³-hybridized carbons (Fsp3) is 0.222.